The quantitative estimate of drug-likeness (QED) is 0.651. The van der Waals surface area contributed by atoms with Crippen LogP contribution in [0.2, 0.25) is 0 Å². The van der Waals surface area contributed by atoms with Gasteiger partial charge in [-0.1, -0.05) is 11.8 Å². The minimum absolute atomic E-state index is 0.113. The van der Waals surface area contributed by atoms with Gasteiger partial charge in [-0.25, -0.2) is 4.98 Å². The lowest BCUT2D eigenvalue weighted by molar-refractivity contribution is -0.115. The molecular formula is C17H19N5O2S2. The molecule has 2 aromatic heterocycles. The van der Waals surface area contributed by atoms with Gasteiger partial charge in [0.2, 0.25) is 5.91 Å². The molecule has 0 fully saturated rings. The van der Waals surface area contributed by atoms with Crippen LogP contribution in [-0.2, 0) is 11.8 Å². The number of thiazole rings is 1. The number of amides is 1. The van der Waals surface area contributed by atoms with Crippen LogP contribution in [0.5, 0.6) is 5.75 Å². The van der Waals surface area contributed by atoms with Gasteiger partial charge in [0.05, 0.1) is 18.1 Å². The van der Waals surface area contributed by atoms with Crippen LogP contribution in [0.15, 0.2) is 34.8 Å². The third kappa shape index (κ3) is 4.05. The highest BCUT2D eigenvalue weighted by Crippen LogP contribution is 2.27. The second kappa shape index (κ2) is 7.88. The first kappa shape index (κ1) is 18.4. The molecule has 1 amide bonds. The van der Waals surface area contributed by atoms with Gasteiger partial charge in [-0.3, -0.25) is 4.79 Å². The van der Waals surface area contributed by atoms with Crippen molar-refractivity contribution >= 4 is 34.1 Å². The van der Waals surface area contributed by atoms with Crippen LogP contribution in [0.4, 0.5) is 5.13 Å². The molecule has 136 valence electrons. The molecule has 9 heteroatoms. The van der Waals surface area contributed by atoms with Gasteiger partial charge in [0.25, 0.3) is 0 Å². The summed E-state index contributed by atoms with van der Waals surface area (Å²) in [6.07, 6.45) is 0. The molecule has 1 atom stereocenters. The summed E-state index contributed by atoms with van der Waals surface area (Å²) in [4.78, 5) is 16.6. The van der Waals surface area contributed by atoms with Gasteiger partial charge in [-0.05, 0) is 38.1 Å². The molecule has 0 aliphatic heterocycles. The van der Waals surface area contributed by atoms with Crippen molar-refractivity contribution in [1.82, 2.24) is 19.7 Å². The predicted octanol–water partition coefficient (Wildman–Crippen LogP) is 3.37. The van der Waals surface area contributed by atoms with Gasteiger partial charge in [0, 0.05) is 18.0 Å². The van der Waals surface area contributed by atoms with Crippen molar-refractivity contribution in [2.45, 2.75) is 24.3 Å². The summed E-state index contributed by atoms with van der Waals surface area (Å²) in [5, 5.41) is 14.2. The van der Waals surface area contributed by atoms with E-state index in [1.165, 1.54) is 23.1 Å². The summed E-state index contributed by atoms with van der Waals surface area (Å²) < 4.78 is 7.05. The number of ether oxygens (including phenoxy) is 1. The number of methoxy groups -OCH3 is 1. The Balaban J connectivity index is 1.69. The van der Waals surface area contributed by atoms with Crippen molar-refractivity contribution in [3.05, 3.63) is 35.3 Å². The van der Waals surface area contributed by atoms with Crippen LogP contribution >= 0.6 is 23.1 Å². The van der Waals surface area contributed by atoms with Crippen molar-refractivity contribution in [2.75, 3.05) is 12.4 Å². The molecule has 0 spiro atoms. The van der Waals surface area contributed by atoms with E-state index in [0.29, 0.717) is 10.3 Å². The fraction of sp³-hybridized carbons (Fsp3) is 0.294. The van der Waals surface area contributed by atoms with E-state index in [1.807, 2.05) is 55.1 Å². The molecule has 0 saturated carbocycles. The molecule has 7 nitrogen and oxygen atoms in total. The lowest BCUT2D eigenvalue weighted by Crippen LogP contribution is -2.22. The van der Waals surface area contributed by atoms with Crippen molar-refractivity contribution in [2.24, 2.45) is 7.05 Å². The first-order valence-electron chi connectivity index (χ1n) is 7.91. The first-order chi connectivity index (χ1) is 12.5. The van der Waals surface area contributed by atoms with Crippen molar-refractivity contribution < 1.29 is 9.53 Å². The van der Waals surface area contributed by atoms with E-state index in [-0.39, 0.29) is 11.2 Å². The molecular weight excluding hydrogens is 370 g/mol. The highest BCUT2D eigenvalue weighted by Gasteiger charge is 2.20. The molecule has 1 N–H and O–H groups in total. The number of hydrogen-bond acceptors (Lipinski definition) is 7. The molecule has 26 heavy (non-hydrogen) atoms. The number of hydrogen-bond donors (Lipinski definition) is 1. The molecule has 2 heterocycles. The Kier molecular flexibility index (Phi) is 5.58. The number of carbonyl (C=O) groups excluding carboxylic acids is 1. The average molecular weight is 390 g/mol. The number of aryl methyl sites for hydroxylation is 1. The van der Waals surface area contributed by atoms with Gasteiger partial charge in [0.1, 0.15) is 5.75 Å². The lowest BCUT2D eigenvalue weighted by Gasteiger charge is -2.10. The van der Waals surface area contributed by atoms with Crippen LogP contribution in [0.25, 0.3) is 11.4 Å². The van der Waals surface area contributed by atoms with Gasteiger partial charge in [-0.2, -0.15) is 0 Å². The summed E-state index contributed by atoms with van der Waals surface area (Å²) in [5.41, 5.74) is 1.83. The van der Waals surface area contributed by atoms with Crippen molar-refractivity contribution in [3.63, 3.8) is 0 Å². The summed E-state index contributed by atoms with van der Waals surface area (Å²) in [5.74, 6) is 1.41. The Bertz CT molecular complexity index is 904. The minimum atomic E-state index is -0.328. The summed E-state index contributed by atoms with van der Waals surface area (Å²) >= 11 is 2.77. The summed E-state index contributed by atoms with van der Waals surface area (Å²) in [7, 11) is 3.52. The SMILES string of the molecule is COc1ccc(-c2nnc(S[C@H](C)C(=O)Nc3nc(C)cs3)n2C)cc1. The number of carbonyl (C=O) groups is 1. The number of rotatable bonds is 6. The maximum Gasteiger partial charge on any atom is 0.239 e. The average Bonchev–Trinajstić information content (AvgIpc) is 3.21. The Hall–Kier alpha value is -2.39. The molecule has 0 aliphatic rings. The van der Waals surface area contributed by atoms with Gasteiger partial charge >= 0.3 is 0 Å². The van der Waals surface area contributed by atoms with E-state index in [9.17, 15) is 4.79 Å². The molecule has 0 bridgehead atoms. The molecule has 0 saturated heterocycles. The third-order valence-electron chi connectivity index (χ3n) is 3.68. The number of thioether (sulfide) groups is 1. The van der Waals surface area contributed by atoms with Crippen LogP contribution in [0.3, 0.4) is 0 Å². The normalized spacial score (nSPS) is 12.0. The lowest BCUT2D eigenvalue weighted by atomic mass is 10.2. The largest absolute Gasteiger partial charge is 0.497 e. The third-order valence-corrected chi connectivity index (χ3v) is 5.69. The van der Waals surface area contributed by atoms with E-state index in [0.717, 1.165) is 22.8 Å². The monoisotopic (exact) mass is 389 g/mol. The molecule has 1 aromatic carbocycles. The van der Waals surface area contributed by atoms with E-state index in [2.05, 4.69) is 20.5 Å². The molecule has 3 aromatic rings. The van der Waals surface area contributed by atoms with Gasteiger partial charge < -0.3 is 14.6 Å². The first-order valence-corrected chi connectivity index (χ1v) is 9.67. The maximum absolute atomic E-state index is 12.3. The zero-order valence-electron chi connectivity index (χ0n) is 14.9. The van der Waals surface area contributed by atoms with E-state index < -0.39 is 0 Å². The highest BCUT2D eigenvalue weighted by molar-refractivity contribution is 8.00. The van der Waals surface area contributed by atoms with E-state index >= 15 is 0 Å². The number of nitrogens with one attached hydrogen (secondary N) is 1. The maximum atomic E-state index is 12.3. The fourth-order valence-corrected chi connectivity index (χ4v) is 3.74. The molecule has 0 radical (unpaired) electrons. The van der Waals surface area contributed by atoms with E-state index in [4.69, 9.17) is 4.74 Å². The highest BCUT2D eigenvalue weighted by atomic mass is 32.2. The summed E-state index contributed by atoms with van der Waals surface area (Å²) in [6.45, 7) is 3.73. The van der Waals surface area contributed by atoms with Crippen molar-refractivity contribution in [3.8, 4) is 17.1 Å². The standard InChI is InChI=1S/C17H19N5O2S2/c1-10-9-25-16(18-10)19-15(23)11(2)26-17-21-20-14(22(17)3)12-5-7-13(24-4)8-6-12/h5-9,11H,1-4H3,(H,18,19,23)/t11-/m1/s1. The molecule has 0 aliphatic carbocycles. The second-order valence-corrected chi connectivity index (χ2v) is 7.80. The smallest absolute Gasteiger partial charge is 0.239 e. The fourth-order valence-electron chi connectivity index (χ4n) is 2.24. The molecule has 0 unspecified atom stereocenters. The van der Waals surface area contributed by atoms with Crippen LogP contribution < -0.4 is 10.1 Å². The molecule has 3 rings (SSSR count). The predicted molar refractivity (Wildman–Crippen MR) is 104 cm³/mol. The van der Waals surface area contributed by atoms with Crippen LogP contribution in [0, 0.1) is 6.92 Å². The minimum Gasteiger partial charge on any atom is -0.497 e. The zero-order chi connectivity index (χ0) is 18.7. The van der Waals surface area contributed by atoms with Crippen LogP contribution in [0.1, 0.15) is 12.6 Å². The number of benzene rings is 1. The van der Waals surface area contributed by atoms with Crippen molar-refractivity contribution in [1.29, 1.82) is 0 Å². The number of nitrogens with zero attached hydrogens (tertiary/aromatic N) is 4. The Morgan fingerprint density at radius 3 is 2.65 bits per heavy atom. The Labute approximate surface area is 159 Å². The van der Waals surface area contributed by atoms with Gasteiger partial charge in [-0.15, -0.1) is 21.5 Å². The Morgan fingerprint density at radius 2 is 2.04 bits per heavy atom. The second-order valence-electron chi connectivity index (χ2n) is 5.64. The summed E-state index contributed by atoms with van der Waals surface area (Å²) in [6, 6.07) is 7.61. The van der Waals surface area contributed by atoms with E-state index in [1.54, 1.807) is 7.11 Å². The Morgan fingerprint density at radius 1 is 1.31 bits per heavy atom. The van der Waals surface area contributed by atoms with Crippen LogP contribution in [-0.4, -0.2) is 38.0 Å². The van der Waals surface area contributed by atoms with Gasteiger partial charge in [0.15, 0.2) is 16.1 Å². The number of aromatic nitrogens is 4. The number of anilines is 1. The topological polar surface area (TPSA) is 81.9 Å². The zero-order valence-corrected chi connectivity index (χ0v) is 16.5.